The Morgan fingerprint density at radius 1 is 0.439 bits per heavy atom. The quantitative estimate of drug-likeness (QED) is 0.212. The van der Waals surface area contributed by atoms with Gasteiger partial charge in [0.05, 0.1) is 22.9 Å². The maximum atomic E-state index is 6.34. The molecule has 0 aliphatic rings. The summed E-state index contributed by atoms with van der Waals surface area (Å²) in [6.45, 7) is 0. The van der Waals surface area contributed by atoms with Gasteiger partial charge in [-0.05, 0) is 56.9 Å². The standard InChI is InChI=1S/C38H22N2O/c1-2-11-27-23(8-1)17-19-34-36(27)32-18-16-25(21-35(32)41-34)24-9-7-10-26(20-24)33-22-39-37-30-14-5-3-12-28(30)29-13-4-6-15-31(29)38(37)40-33/h1-22H. The lowest BCUT2D eigenvalue weighted by Crippen LogP contribution is -1.92. The van der Waals surface area contributed by atoms with Gasteiger partial charge in [-0.1, -0.05) is 103 Å². The van der Waals surface area contributed by atoms with E-state index in [2.05, 4.69) is 127 Å². The molecule has 0 aliphatic heterocycles. The summed E-state index contributed by atoms with van der Waals surface area (Å²) in [5.74, 6) is 0. The van der Waals surface area contributed by atoms with Gasteiger partial charge in [-0.2, -0.15) is 0 Å². The average Bonchev–Trinajstić information content (AvgIpc) is 3.43. The molecular weight excluding hydrogens is 500 g/mol. The van der Waals surface area contributed by atoms with Crippen molar-refractivity contribution in [2.45, 2.75) is 0 Å². The van der Waals surface area contributed by atoms with E-state index in [0.29, 0.717) is 0 Å². The molecule has 190 valence electrons. The highest BCUT2D eigenvalue weighted by Gasteiger charge is 2.14. The molecule has 0 N–H and O–H groups in total. The number of furan rings is 1. The van der Waals surface area contributed by atoms with Crippen LogP contribution in [0, 0.1) is 0 Å². The molecule has 7 aromatic carbocycles. The van der Waals surface area contributed by atoms with Crippen molar-refractivity contribution in [3.63, 3.8) is 0 Å². The lowest BCUT2D eigenvalue weighted by atomic mass is 9.98. The van der Waals surface area contributed by atoms with E-state index in [1.54, 1.807) is 0 Å². The van der Waals surface area contributed by atoms with Crippen LogP contribution in [-0.4, -0.2) is 9.97 Å². The van der Waals surface area contributed by atoms with E-state index in [9.17, 15) is 0 Å². The Kier molecular flexibility index (Phi) is 4.61. The Hall–Kier alpha value is -5.54. The van der Waals surface area contributed by atoms with Gasteiger partial charge in [0.1, 0.15) is 11.2 Å². The maximum absolute atomic E-state index is 6.34. The van der Waals surface area contributed by atoms with Crippen LogP contribution in [0.4, 0.5) is 0 Å². The predicted octanol–water partition coefficient (Wildman–Crippen LogP) is 10.3. The topological polar surface area (TPSA) is 38.9 Å². The fourth-order valence-electron chi connectivity index (χ4n) is 6.35. The molecule has 2 heterocycles. The fraction of sp³-hybridized carbons (Fsp3) is 0. The Morgan fingerprint density at radius 3 is 1.95 bits per heavy atom. The molecule has 0 aliphatic carbocycles. The summed E-state index contributed by atoms with van der Waals surface area (Å²) >= 11 is 0. The van der Waals surface area contributed by atoms with Crippen LogP contribution in [-0.2, 0) is 0 Å². The molecule has 0 bridgehead atoms. The van der Waals surface area contributed by atoms with Gasteiger partial charge >= 0.3 is 0 Å². The zero-order chi connectivity index (χ0) is 26.9. The molecule has 2 aromatic heterocycles. The fourth-order valence-corrected chi connectivity index (χ4v) is 6.35. The average molecular weight is 523 g/mol. The van der Waals surface area contributed by atoms with Crippen LogP contribution in [0.5, 0.6) is 0 Å². The van der Waals surface area contributed by atoms with Crippen molar-refractivity contribution in [2.75, 3.05) is 0 Å². The van der Waals surface area contributed by atoms with Crippen molar-refractivity contribution in [1.82, 2.24) is 9.97 Å². The maximum Gasteiger partial charge on any atom is 0.136 e. The summed E-state index contributed by atoms with van der Waals surface area (Å²) in [6, 6.07) is 44.6. The highest BCUT2D eigenvalue weighted by atomic mass is 16.3. The number of nitrogens with zero attached hydrogens (tertiary/aromatic N) is 2. The zero-order valence-electron chi connectivity index (χ0n) is 22.0. The van der Waals surface area contributed by atoms with Gasteiger partial charge in [0, 0.05) is 27.1 Å². The zero-order valence-corrected chi connectivity index (χ0v) is 22.0. The summed E-state index contributed by atoms with van der Waals surface area (Å²) in [6.07, 6.45) is 1.90. The Bertz CT molecular complexity index is 2450. The Morgan fingerprint density at radius 2 is 1.12 bits per heavy atom. The number of hydrogen-bond acceptors (Lipinski definition) is 3. The normalized spacial score (nSPS) is 11.9. The van der Waals surface area contributed by atoms with Crippen molar-refractivity contribution in [2.24, 2.45) is 0 Å². The Balaban J connectivity index is 1.20. The molecular formula is C38H22N2O. The number of benzene rings is 7. The molecule has 0 atom stereocenters. The van der Waals surface area contributed by atoms with E-state index in [-0.39, 0.29) is 0 Å². The number of rotatable bonds is 2. The van der Waals surface area contributed by atoms with Gasteiger partial charge in [0.25, 0.3) is 0 Å². The second-order valence-electron chi connectivity index (χ2n) is 10.6. The minimum absolute atomic E-state index is 0.857. The molecule has 0 saturated carbocycles. The highest BCUT2D eigenvalue weighted by Crippen LogP contribution is 2.38. The molecule has 0 spiro atoms. The second-order valence-corrected chi connectivity index (χ2v) is 10.6. The van der Waals surface area contributed by atoms with E-state index in [1.807, 2.05) is 6.20 Å². The first-order valence-electron chi connectivity index (χ1n) is 13.8. The van der Waals surface area contributed by atoms with Crippen LogP contribution in [0.3, 0.4) is 0 Å². The predicted molar refractivity (Wildman–Crippen MR) is 170 cm³/mol. The van der Waals surface area contributed by atoms with Gasteiger partial charge in [-0.3, -0.25) is 4.98 Å². The van der Waals surface area contributed by atoms with Crippen LogP contribution in [0.2, 0.25) is 0 Å². The van der Waals surface area contributed by atoms with E-state index in [0.717, 1.165) is 60.7 Å². The molecule has 3 heteroatoms. The summed E-state index contributed by atoms with van der Waals surface area (Å²) < 4.78 is 6.34. The van der Waals surface area contributed by atoms with E-state index in [4.69, 9.17) is 14.4 Å². The second kappa shape index (κ2) is 8.48. The summed E-state index contributed by atoms with van der Waals surface area (Å²) in [5, 5.41) is 9.39. The van der Waals surface area contributed by atoms with Crippen molar-refractivity contribution in [3.8, 4) is 22.4 Å². The first-order chi connectivity index (χ1) is 20.3. The molecule has 9 aromatic rings. The molecule has 0 amide bonds. The first-order valence-corrected chi connectivity index (χ1v) is 13.8. The molecule has 3 nitrogen and oxygen atoms in total. The van der Waals surface area contributed by atoms with E-state index in [1.165, 1.54) is 26.9 Å². The number of aromatic nitrogens is 2. The lowest BCUT2D eigenvalue weighted by molar-refractivity contribution is 0.669. The molecule has 0 saturated heterocycles. The summed E-state index contributed by atoms with van der Waals surface area (Å²) in [4.78, 5) is 10.1. The summed E-state index contributed by atoms with van der Waals surface area (Å²) in [7, 11) is 0. The van der Waals surface area contributed by atoms with Crippen LogP contribution in [0.15, 0.2) is 138 Å². The minimum atomic E-state index is 0.857. The van der Waals surface area contributed by atoms with Gasteiger partial charge in [0.15, 0.2) is 0 Å². The van der Waals surface area contributed by atoms with Gasteiger partial charge in [-0.25, -0.2) is 4.98 Å². The Labute approximate surface area is 235 Å². The van der Waals surface area contributed by atoms with Gasteiger partial charge in [0.2, 0.25) is 0 Å². The molecule has 0 radical (unpaired) electrons. The van der Waals surface area contributed by atoms with Gasteiger partial charge < -0.3 is 4.42 Å². The van der Waals surface area contributed by atoms with Crippen LogP contribution in [0.1, 0.15) is 0 Å². The minimum Gasteiger partial charge on any atom is -0.456 e. The van der Waals surface area contributed by atoms with Crippen molar-refractivity contribution >= 4 is 65.3 Å². The third-order valence-electron chi connectivity index (χ3n) is 8.28. The number of hydrogen-bond donors (Lipinski definition) is 0. The van der Waals surface area contributed by atoms with Crippen molar-refractivity contribution < 1.29 is 4.42 Å². The van der Waals surface area contributed by atoms with E-state index >= 15 is 0 Å². The monoisotopic (exact) mass is 522 g/mol. The van der Waals surface area contributed by atoms with Crippen LogP contribution in [0.25, 0.3) is 87.7 Å². The third-order valence-corrected chi connectivity index (χ3v) is 8.28. The number of fused-ring (bicyclic) bond motifs is 11. The van der Waals surface area contributed by atoms with Crippen molar-refractivity contribution in [3.05, 3.63) is 134 Å². The van der Waals surface area contributed by atoms with E-state index < -0.39 is 0 Å². The molecule has 9 rings (SSSR count). The molecule has 0 fully saturated rings. The SMILES string of the molecule is c1cc(-c2ccc3c(c2)oc2ccc4ccccc4c23)cc(-c2cnc3c4ccccc4c4ccccc4c3n2)c1. The molecule has 0 unspecified atom stereocenters. The summed E-state index contributed by atoms with van der Waals surface area (Å²) in [5.41, 5.74) is 7.77. The van der Waals surface area contributed by atoms with Gasteiger partial charge in [-0.15, -0.1) is 0 Å². The smallest absolute Gasteiger partial charge is 0.136 e. The largest absolute Gasteiger partial charge is 0.456 e. The molecule has 41 heavy (non-hydrogen) atoms. The first kappa shape index (κ1) is 22.3. The lowest BCUT2D eigenvalue weighted by Gasteiger charge is -2.11. The van der Waals surface area contributed by atoms with Crippen LogP contribution >= 0.6 is 0 Å². The van der Waals surface area contributed by atoms with Crippen LogP contribution < -0.4 is 0 Å². The highest BCUT2D eigenvalue weighted by molar-refractivity contribution is 6.23. The van der Waals surface area contributed by atoms with Crippen molar-refractivity contribution in [1.29, 1.82) is 0 Å². The third kappa shape index (κ3) is 3.33.